The van der Waals surface area contributed by atoms with Crippen molar-refractivity contribution in [3.63, 3.8) is 0 Å². The predicted octanol–water partition coefficient (Wildman–Crippen LogP) is 2.13. The van der Waals surface area contributed by atoms with Crippen LogP contribution in [0, 0.1) is 0 Å². The van der Waals surface area contributed by atoms with Crippen LogP contribution in [-0.4, -0.2) is 16.7 Å². The van der Waals surface area contributed by atoms with Gasteiger partial charge in [-0.2, -0.15) is 5.10 Å². The van der Waals surface area contributed by atoms with Gasteiger partial charge in [-0.25, -0.2) is 5.43 Å². The maximum atomic E-state index is 11.8. The molecular formula is C15H15N3O2. The number of hydrogen-bond donors (Lipinski definition) is 3. The maximum Gasteiger partial charge on any atom is 0.271 e. The van der Waals surface area contributed by atoms with Gasteiger partial charge in [-0.1, -0.05) is 18.2 Å². The predicted molar refractivity (Wildman–Crippen MR) is 78.6 cm³/mol. The molecule has 2 aromatic carbocycles. The fraction of sp³-hybridized carbons (Fsp3) is 0.0667. The summed E-state index contributed by atoms with van der Waals surface area (Å²) in [5.41, 5.74) is 10.6. The van der Waals surface area contributed by atoms with Crippen LogP contribution in [-0.2, 0) is 0 Å². The second-order valence-electron chi connectivity index (χ2n) is 4.31. The van der Waals surface area contributed by atoms with Gasteiger partial charge in [0.25, 0.3) is 5.91 Å². The zero-order valence-electron chi connectivity index (χ0n) is 11.0. The first-order chi connectivity index (χ1) is 9.56. The monoisotopic (exact) mass is 269 g/mol. The lowest BCUT2D eigenvalue weighted by atomic mass is 10.1. The molecule has 20 heavy (non-hydrogen) atoms. The Labute approximate surface area is 116 Å². The van der Waals surface area contributed by atoms with Crippen molar-refractivity contribution in [2.75, 3.05) is 5.73 Å². The molecular weight excluding hydrogens is 254 g/mol. The Morgan fingerprint density at radius 2 is 1.85 bits per heavy atom. The summed E-state index contributed by atoms with van der Waals surface area (Å²) in [6, 6.07) is 13.3. The lowest BCUT2D eigenvalue weighted by Crippen LogP contribution is -2.19. The van der Waals surface area contributed by atoms with Crippen molar-refractivity contribution >= 4 is 17.3 Å². The minimum atomic E-state index is -0.379. The summed E-state index contributed by atoms with van der Waals surface area (Å²) in [7, 11) is 0. The van der Waals surface area contributed by atoms with Crippen LogP contribution in [0.3, 0.4) is 0 Å². The standard InChI is InChI=1S/C15H15N3O2/c1-10(11-5-7-13(16)8-6-11)17-18-15(20)12-3-2-4-14(19)9-12/h2-9,19H,16H2,1H3,(H,18,20)/b17-10+. The highest BCUT2D eigenvalue weighted by molar-refractivity contribution is 6.01. The minimum absolute atomic E-state index is 0.0388. The minimum Gasteiger partial charge on any atom is -0.508 e. The highest BCUT2D eigenvalue weighted by atomic mass is 16.3. The van der Waals surface area contributed by atoms with Gasteiger partial charge < -0.3 is 10.8 Å². The van der Waals surface area contributed by atoms with E-state index >= 15 is 0 Å². The van der Waals surface area contributed by atoms with E-state index in [0.29, 0.717) is 17.0 Å². The number of phenols is 1. The summed E-state index contributed by atoms with van der Waals surface area (Å²) in [5.74, 6) is -0.340. The SMILES string of the molecule is C/C(=N\NC(=O)c1cccc(O)c1)c1ccc(N)cc1. The number of anilines is 1. The van der Waals surface area contributed by atoms with E-state index < -0.39 is 0 Å². The Bertz CT molecular complexity index is 648. The summed E-state index contributed by atoms with van der Waals surface area (Å²) >= 11 is 0. The summed E-state index contributed by atoms with van der Waals surface area (Å²) in [6.45, 7) is 1.79. The number of phenolic OH excluding ortho intramolecular Hbond substituents is 1. The Morgan fingerprint density at radius 3 is 2.50 bits per heavy atom. The van der Waals surface area contributed by atoms with Gasteiger partial charge in [-0.15, -0.1) is 0 Å². The number of amides is 1. The van der Waals surface area contributed by atoms with Gasteiger partial charge in [0.2, 0.25) is 0 Å². The van der Waals surface area contributed by atoms with Gasteiger partial charge in [0.05, 0.1) is 5.71 Å². The summed E-state index contributed by atoms with van der Waals surface area (Å²) in [5, 5.41) is 13.3. The quantitative estimate of drug-likeness (QED) is 0.453. The zero-order chi connectivity index (χ0) is 14.5. The van der Waals surface area contributed by atoms with Crippen molar-refractivity contribution < 1.29 is 9.90 Å². The van der Waals surface area contributed by atoms with Gasteiger partial charge in [0.1, 0.15) is 5.75 Å². The van der Waals surface area contributed by atoms with Crippen LogP contribution in [0.15, 0.2) is 53.6 Å². The van der Waals surface area contributed by atoms with Gasteiger partial charge in [-0.05, 0) is 42.8 Å². The smallest absolute Gasteiger partial charge is 0.271 e. The second kappa shape index (κ2) is 5.88. The molecule has 0 aliphatic heterocycles. The molecule has 0 aliphatic rings. The van der Waals surface area contributed by atoms with Gasteiger partial charge in [-0.3, -0.25) is 4.79 Å². The molecule has 0 saturated heterocycles. The molecule has 0 bridgehead atoms. The van der Waals surface area contributed by atoms with Gasteiger partial charge >= 0.3 is 0 Å². The van der Waals surface area contributed by atoms with E-state index in [0.717, 1.165) is 5.56 Å². The number of nitrogens with two attached hydrogens (primary N) is 1. The first-order valence-electron chi connectivity index (χ1n) is 6.06. The van der Waals surface area contributed by atoms with Crippen LogP contribution in [0.5, 0.6) is 5.75 Å². The summed E-state index contributed by atoms with van der Waals surface area (Å²) in [6.07, 6.45) is 0. The number of benzene rings is 2. The molecule has 0 atom stereocenters. The van der Waals surface area contributed by atoms with Crippen LogP contribution in [0.2, 0.25) is 0 Å². The molecule has 0 aromatic heterocycles. The zero-order valence-corrected chi connectivity index (χ0v) is 11.0. The fourth-order valence-electron chi connectivity index (χ4n) is 1.64. The number of carbonyl (C=O) groups excluding carboxylic acids is 1. The van der Waals surface area contributed by atoms with Gasteiger partial charge in [0, 0.05) is 11.3 Å². The van der Waals surface area contributed by atoms with E-state index in [9.17, 15) is 9.90 Å². The van der Waals surface area contributed by atoms with E-state index in [2.05, 4.69) is 10.5 Å². The lowest BCUT2D eigenvalue weighted by molar-refractivity contribution is 0.0954. The third-order valence-corrected chi connectivity index (χ3v) is 2.76. The summed E-state index contributed by atoms with van der Waals surface area (Å²) in [4.78, 5) is 11.8. The van der Waals surface area contributed by atoms with Crippen molar-refractivity contribution in [1.29, 1.82) is 0 Å². The molecule has 0 radical (unpaired) electrons. The van der Waals surface area contributed by atoms with Crippen molar-refractivity contribution in [1.82, 2.24) is 5.43 Å². The number of nitrogens with zero attached hydrogens (tertiary/aromatic N) is 1. The van der Waals surface area contributed by atoms with Crippen molar-refractivity contribution in [3.8, 4) is 5.75 Å². The number of rotatable bonds is 3. The lowest BCUT2D eigenvalue weighted by Gasteiger charge is -2.04. The van der Waals surface area contributed by atoms with Crippen LogP contribution < -0.4 is 11.2 Å². The molecule has 0 fully saturated rings. The van der Waals surface area contributed by atoms with E-state index in [1.807, 2.05) is 12.1 Å². The molecule has 0 unspecified atom stereocenters. The highest BCUT2D eigenvalue weighted by Crippen LogP contribution is 2.11. The van der Waals surface area contributed by atoms with Crippen LogP contribution >= 0.6 is 0 Å². The molecule has 102 valence electrons. The number of nitrogens with one attached hydrogen (secondary N) is 1. The average molecular weight is 269 g/mol. The van der Waals surface area contributed by atoms with E-state index in [-0.39, 0.29) is 11.7 Å². The molecule has 1 amide bonds. The summed E-state index contributed by atoms with van der Waals surface area (Å²) < 4.78 is 0. The normalized spacial score (nSPS) is 11.2. The molecule has 4 N–H and O–H groups in total. The number of aromatic hydroxyl groups is 1. The van der Waals surface area contributed by atoms with E-state index in [4.69, 9.17) is 5.73 Å². The molecule has 0 spiro atoms. The molecule has 0 saturated carbocycles. The number of hydrogen-bond acceptors (Lipinski definition) is 4. The van der Waals surface area contributed by atoms with Crippen molar-refractivity contribution in [2.24, 2.45) is 5.10 Å². The maximum absolute atomic E-state index is 11.8. The molecule has 2 rings (SSSR count). The average Bonchev–Trinajstić information content (AvgIpc) is 2.45. The highest BCUT2D eigenvalue weighted by Gasteiger charge is 2.05. The largest absolute Gasteiger partial charge is 0.508 e. The van der Waals surface area contributed by atoms with E-state index in [1.165, 1.54) is 12.1 Å². The van der Waals surface area contributed by atoms with Crippen LogP contribution in [0.25, 0.3) is 0 Å². The second-order valence-corrected chi connectivity index (χ2v) is 4.31. The molecule has 5 heteroatoms. The molecule has 2 aromatic rings. The van der Waals surface area contributed by atoms with Gasteiger partial charge in [0.15, 0.2) is 0 Å². The Kier molecular flexibility index (Phi) is 4.00. The first-order valence-corrected chi connectivity index (χ1v) is 6.06. The molecule has 0 aliphatic carbocycles. The topological polar surface area (TPSA) is 87.7 Å². The van der Waals surface area contributed by atoms with Crippen molar-refractivity contribution in [2.45, 2.75) is 6.92 Å². The van der Waals surface area contributed by atoms with Crippen LogP contribution in [0.4, 0.5) is 5.69 Å². The Balaban J connectivity index is 2.08. The van der Waals surface area contributed by atoms with Crippen molar-refractivity contribution in [3.05, 3.63) is 59.7 Å². The Morgan fingerprint density at radius 1 is 1.15 bits per heavy atom. The van der Waals surface area contributed by atoms with Crippen LogP contribution in [0.1, 0.15) is 22.8 Å². The first kappa shape index (κ1) is 13.6. The Hall–Kier alpha value is -2.82. The number of carbonyl (C=O) groups is 1. The number of nitrogen functional groups attached to an aromatic ring is 1. The third-order valence-electron chi connectivity index (χ3n) is 2.76. The molecule has 0 heterocycles. The fourth-order valence-corrected chi connectivity index (χ4v) is 1.64. The molecule has 5 nitrogen and oxygen atoms in total. The third kappa shape index (κ3) is 3.35. The van der Waals surface area contributed by atoms with E-state index in [1.54, 1.807) is 31.2 Å². The number of hydrazone groups is 1.